The fraction of sp³-hybridized carbons (Fsp3) is 0.800. The third-order valence-corrected chi connectivity index (χ3v) is 7.78. The third kappa shape index (κ3) is 36.9. The smallest absolute Gasteiger partial charge is 0.0513 e. The molecule has 0 aliphatic heterocycles. The summed E-state index contributed by atoms with van der Waals surface area (Å²) in [6.07, 6.45) is 49.8. The third-order valence-electron chi connectivity index (χ3n) is 7.78. The van der Waals surface area contributed by atoms with Gasteiger partial charge in [0.1, 0.15) is 0 Å². The maximum absolute atomic E-state index is 5.90. The van der Waals surface area contributed by atoms with Crippen LogP contribution in [0.25, 0.3) is 0 Å². The molecule has 0 amide bonds. The van der Waals surface area contributed by atoms with Gasteiger partial charge in [-0.3, -0.25) is 0 Å². The monoisotopic (exact) mass is 587 g/mol. The van der Waals surface area contributed by atoms with Crippen molar-refractivity contribution in [2.24, 2.45) is 5.92 Å². The van der Waals surface area contributed by atoms with Crippen molar-refractivity contribution in [3.63, 3.8) is 0 Å². The highest BCUT2D eigenvalue weighted by Crippen LogP contribution is 2.10. The summed E-state index contributed by atoms with van der Waals surface area (Å²) in [5.74, 6) is 0.499. The molecule has 0 unspecified atom stereocenters. The summed E-state index contributed by atoms with van der Waals surface area (Å²) in [6.45, 7) is 10.3. The van der Waals surface area contributed by atoms with Crippen LogP contribution in [0.4, 0.5) is 0 Å². The molecule has 0 aromatic heterocycles. The van der Waals surface area contributed by atoms with Crippen LogP contribution in [0.15, 0.2) is 48.6 Å². The number of rotatable bonds is 34. The summed E-state index contributed by atoms with van der Waals surface area (Å²) in [5.41, 5.74) is 0. The van der Waals surface area contributed by atoms with Crippen molar-refractivity contribution in [2.45, 2.75) is 175 Å². The number of ether oxygens (including phenoxy) is 2. The lowest BCUT2D eigenvalue weighted by Gasteiger charge is -2.12. The zero-order valence-electron chi connectivity index (χ0n) is 28.8. The highest BCUT2D eigenvalue weighted by atomic mass is 16.5. The van der Waals surface area contributed by atoms with E-state index in [9.17, 15) is 0 Å². The predicted molar refractivity (Wildman–Crippen MR) is 190 cm³/mol. The molecule has 2 nitrogen and oxygen atoms in total. The lowest BCUT2D eigenvalue weighted by atomic mass is 10.1. The molecule has 0 atom stereocenters. The molecule has 42 heavy (non-hydrogen) atoms. The summed E-state index contributed by atoms with van der Waals surface area (Å²) in [5, 5.41) is 0. The Morgan fingerprint density at radius 2 is 0.690 bits per heavy atom. The fourth-order valence-electron chi connectivity index (χ4n) is 5.00. The van der Waals surface area contributed by atoms with Gasteiger partial charge < -0.3 is 9.47 Å². The first-order chi connectivity index (χ1) is 20.8. The zero-order chi connectivity index (χ0) is 30.4. The van der Waals surface area contributed by atoms with Gasteiger partial charge in [0, 0.05) is 19.1 Å². The van der Waals surface area contributed by atoms with E-state index >= 15 is 0 Å². The molecule has 0 heterocycles. The van der Waals surface area contributed by atoms with Crippen molar-refractivity contribution in [3.8, 4) is 0 Å². The van der Waals surface area contributed by atoms with Crippen molar-refractivity contribution in [3.05, 3.63) is 48.6 Å². The van der Waals surface area contributed by atoms with Gasteiger partial charge in [-0.2, -0.15) is 0 Å². The first-order valence-electron chi connectivity index (χ1n) is 18.6. The average Bonchev–Trinajstić information content (AvgIpc) is 3.00. The molecule has 0 radical (unpaired) electrons. The highest BCUT2D eigenvalue weighted by molar-refractivity contribution is 4.93. The number of hydrogen-bond acceptors (Lipinski definition) is 2. The van der Waals surface area contributed by atoms with Gasteiger partial charge in [0.2, 0.25) is 0 Å². The highest BCUT2D eigenvalue weighted by Gasteiger charge is 2.02. The Morgan fingerprint density at radius 3 is 1.05 bits per heavy atom. The first-order valence-corrected chi connectivity index (χ1v) is 18.6. The Bertz CT molecular complexity index is 551. The minimum absolute atomic E-state index is 0.499. The summed E-state index contributed by atoms with van der Waals surface area (Å²) in [4.78, 5) is 0. The molecular formula is C40H74O2. The molecule has 246 valence electrons. The van der Waals surface area contributed by atoms with Crippen LogP contribution in [0.3, 0.4) is 0 Å². The van der Waals surface area contributed by atoms with Gasteiger partial charge in [-0.15, -0.1) is 0 Å². The number of unbranched alkanes of at least 4 members (excludes halogenated alkanes) is 18. The molecule has 2 heteroatoms. The molecule has 0 rings (SSSR count). The minimum Gasteiger partial charge on any atom is -0.381 e. The van der Waals surface area contributed by atoms with Crippen LogP contribution in [0.5, 0.6) is 0 Å². The van der Waals surface area contributed by atoms with Crippen LogP contribution in [0.1, 0.15) is 175 Å². The molecule has 0 aromatic rings. The van der Waals surface area contributed by atoms with Crippen molar-refractivity contribution in [1.29, 1.82) is 0 Å². The van der Waals surface area contributed by atoms with Gasteiger partial charge in [-0.25, -0.2) is 0 Å². The summed E-state index contributed by atoms with van der Waals surface area (Å²) in [7, 11) is 0. The molecule has 0 saturated carbocycles. The van der Waals surface area contributed by atoms with Crippen LogP contribution in [-0.2, 0) is 9.47 Å². The summed E-state index contributed by atoms with van der Waals surface area (Å²) >= 11 is 0. The fourth-order valence-corrected chi connectivity index (χ4v) is 5.00. The molecule has 0 fully saturated rings. The second-order valence-corrected chi connectivity index (χ2v) is 12.4. The van der Waals surface area contributed by atoms with E-state index in [-0.39, 0.29) is 0 Å². The van der Waals surface area contributed by atoms with Crippen LogP contribution >= 0.6 is 0 Å². The van der Waals surface area contributed by atoms with E-state index in [1.165, 1.54) is 141 Å². The largest absolute Gasteiger partial charge is 0.381 e. The van der Waals surface area contributed by atoms with E-state index < -0.39 is 0 Å². The van der Waals surface area contributed by atoms with Crippen LogP contribution in [-0.4, -0.2) is 26.4 Å². The topological polar surface area (TPSA) is 18.5 Å². The average molecular weight is 587 g/mol. The maximum Gasteiger partial charge on any atom is 0.0513 e. The van der Waals surface area contributed by atoms with Gasteiger partial charge in [0.25, 0.3) is 0 Å². The van der Waals surface area contributed by atoms with Crippen LogP contribution in [0, 0.1) is 5.92 Å². The zero-order valence-corrected chi connectivity index (χ0v) is 28.8. The second-order valence-electron chi connectivity index (χ2n) is 12.4. The Balaban J connectivity index is 3.26. The maximum atomic E-state index is 5.90. The standard InChI is InChI=1S/C40H74O2/c1-4-6-8-10-12-14-16-18-20-22-24-26-28-30-32-34-36-41-38-40(3)39-42-37-35-33-31-29-27-25-23-21-19-17-15-13-11-9-7-5-2/h12-15,18-21,40H,4-11,16-17,22-39H2,1-3H3. The van der Waals surface area contributed by atoms with Crippen molar-refractivity contribution < 1.29 is 9.47 Å². The Kier molecular flexibility index (Phi) is 36.9. The predicted octanol–water partition coefficient (Wildman–Crippen LogP) is 13.3. The molecule has 0 saturated heterocycles. The van der Waals surface area contributed by atoms with Gasteiger partial charge >= 0.3 is 0 Å². The summed E-state index contributed by atoms with van der Waals surface area (Å²) in [6, 6.07) is 0. The summed E-state index contributed by atoms with van der Waals surface area (Å²) < 4.78 is 11.8. The van der Waals surface area contributed by atoms with E-state index in [0.717, 1.165) is 39.3 Å². The van der Waals surface area contributed by atoms with E-state index in [4.69, 9.17) is 9.47 Å². The van der Waals surface area contributed by atoms with E-state index in [1.807, 2.05) is 0 Å². The van der Waals surface area contributed by atoms with E-state index in [1.54, 1.807) is 0 Å². The van der Waals surface area contributed by atoms with Crippen molar-refractivity contribution in [2.75, 3.05) is 26.4 Å². The normalized spacial score (nSPS) is 13.1. The SMILES string of the molecule is CCCCCC=CCC=CCCCCCCCCOCC(C)COCCCCCCCCC=CCC=CCCCCC. The molecular weight excluding hydrogens is 512 g/mol. The molecule has 0 spiro atoms. The molecule has 0 N–H and O–H groups in total. The number of allylic oxidation sites excluding steroid dienone is 8. The molecule has 0 aliphatic carbocycles. The lowest BCUT2D eigenvalue weighted by Crippen LogP contribution is -2.14. The van der Waals surface area contributed by atoms with E-state index in [2.05, 4.69) is 69.4 Å². The van der Waals surface area contributed by atoms with Crippen molar-refractivity contribution >= 4 is 0 Å². The lowest BCUT2D eigenvalue weighted by molar-refractivity contribution is 0.0433. The van der Waals surface area contributed by atoms with Gasteiger partial charge in [0.15, 0.2) is 0 Å². The molecule has 0 bridgehead atoms. The van der Waals surface area contributed by atoms with Gasteiger partial charge in [-0.1, -0.05) is 146 Å². The van der Waals surface area contributed by atoms with Gasteiger partial charge in [-0.05, 0) is 77.0 Å². The van der Waals surface area contributed by atoms with Crippen LogP contribution in [0.2, 0.25) is 0 Å². The van der Waals surface area contributed by atoms with Crippen LogP contribution < -0.4 is 0 Å². The molecule has 0 aromatic carbocycles. The Labute approximate surface area is 264 Å². The molecule has 0 aliphatic rings. The number of hydrogen-bond donors (Lipinski definition) is 0. The quantitative estimate of drug-likeness (QED) is 0.0551. The Hall–Kier alpha value is -1.12. The van der Waals surface area contributed by atoms with E-state index in [0.29, 0.717) is 5.92 Å². The first kappa shape index (κ1) is 40.9. The van der Waals surface area contributed by atoms with Crippen molar-refractivity contribution in [1.82, 2.24) is 0 Å². The minimum atomic E-state index is 0.499. The second kappa shape index (κ2) is 37.9. The van der Waals surface area contributed by atoms with Gasteiger partial charge in [0.05, 0.1) is 13.2 Å². The Morgan fingerprint density at radius 1 is 0.381 bits per heavy atom.